The number of benzene rings is 1. The summed E-state index contributed by atoms with van der Waals surface area (Å²) in [5.41, 5.74) is 1.08. The van der Waals surface area contributed by atoms with Crippen LogP contribution in [0.1, 0.15) is 11.5 Å². The van der Waals surface area contributed by atoms with Crippen molar-refractivity contribution >= 4 is 21.4 Å². The minimum atomic E-state index is -0.309. The van der Waals surface area contributed by atoms with Crippen molar-refractivity contribution in [2.24, 2.45) is 0 Å². The largest absolute Gasteiger partial charge is 0.319 e. The molecular weight excluding hydrogens is 209 g/mol. The number of hydrogen-bond donors (Lipinski definition) is 1. The number of rotatable bonds is 4. The second-order valence-electron chi connectivity index (χ2n) is 3.63. The van der Waals surface area contributed by atoms with Crippen LogP contribution in [0.3, 0.4) is 0 Å². The molecule has 1 aromatic heterocycles. The SMILES string of the molecule is CNCC(CF)c1ccc2sccc2c1. The first-order chi connectivity index (χ1) is 7.35. The third-order valence-electron chi connectivity index (χ3n) is 2.58. The van der Waals surface area contributed by atoms with E-state index in [1.165, 1.54) is 10.1 Å². The number of fused-ring (bicyclic) bond motifs is 1. The molecule has 1 atom stereocenters. The van der Waals surface area contributed by atoms with Crippen LogP contribution in [-0.4, -0.2) is 20.3 Å². The first-order valence-electron chi connectivity index (χ1n) is 5.03. The molecule has 1 unspecified atom stereocenters. The van der Waals surface area contributed by atoms with Crippen LogP contribution in [0.5, 0.6) is 0 Å². The van der Waals surface area contributed by atoms with Gasteiger partial charge in [0.25, 0.3) is 0 Å². The quantitative estimate of drug-likeness (QED) is 0.839. The van der Waals surface area contributed by atoms with Gasteiger partial charge in [-0.2, -0.15) is 0 Å². The monoisotopic (exact) mass is 223 g/mol. The number of likely N-dealkylation sites (N-methyl/N-ethyl adjacent to an activating group) is 1. The fraction of sp³-hybridized carbons (Fsp3) is 0.333. The summed E-state index contributed by atoms with van der Waals surface area (Å²) >= 11 is 1.72. The Labute approximate surface area is 92.9 Å². The number of halogens is 1. The lowest BCUT2D eigenvalue weighted by atomic mass is 9.99. The second kappa shape index (κ2) is 4.73. The molecule has 0 fully saturated rings. The van der Waals surface area contributed by atoms with E-state index in [0.29, 0.717) is 6.54 Å². The molecule has 0 aliphatic carbocycles. The number of nitrogens with one attached hydrogen (secondary N) is 1. The molecule has 0 spiro atoms. The Morgan fingerprint density at radius 1 is 1.40 bits per heavy atom. The predicted molar refractivity (Wildman–Crippen MR) is 64.5 cm³/mol. The molecule has 2 aromatic rings. The van der Waals surface area contributed by atoms with E-state index >= 15 is 0 Å². The van der Waals surface area contributed by atoms with E-state index in [1.807, 2.05) is 13.1 Å². The summed E-state index contributed by atoms with van der Waals surface area (Å²) in [7, 11) is 1.85. The highest BCUT2D eigenvalue weighted by Crippen LogP contribution is 2.25. The molecule has 15 heavy (non-hydrogen) atoms. The lowest BCUT2D eigenvalue weighted by molar-refractivity contribution is 0.422. The Morgan fingerprint density at radius 3 is 3.00 bits per heavy atom. The molecule has 3 heteroatoms. The van der Waals surface area contributed by atoms with Gasteiger partial charge in [-0.05, 0) is 41.6 Å². The first kappa shape index (κ1) is 10.6. The summed E-state index contributed by atoms with van der Waals surface area (Å²) in [4.78, 5) is 0. The molecule has 0 saturated heterocycles. The van der Waals surface area contributed by atoms with Gasteiger partial charge in [0, 0.05) is 17.2 Å². The topological polar surface area (TPSA) is 12.0 Å². The molecule has 1 nitrogen and oxygen atoms in total. The van der Waals surface area contributed by atoms with E-state index in [9.17, 15) is 4.39 Å². The highest BCUT2D eigenvalue weighted by Gasteiger charge is 2.10. The average molecular weight is 223 g/mol. The van der Waals surface area contributed by atoms with Crippen LogP contribution in [0.2, 0.25) is 0 Å². The Bertz CT molecular complexity index is 438. The van der Waals surface area contributed by atoms with Gasteiger partial charge in [0.15, 0.2) is 0 Å². The maximum Gasteiger partial charge on any atom is 0.0975 e. The van der Waals surface area contributed by atoms with E-state index < -0.39 is 0 Å². The smallest absolute Gasteiger partial charge is 0.0975 e. The van der Waals surface area contributed by atoms with Gasteiger partial charge < -0.3 is 5.32 Å². The van der Waals surface area contributed by atoms with Crippen molar-refractivity contribution in [3.05, 3.63) is 35.2 Å². The van der Waals surface area contributed by atoms with Crippen molar-refractivity contribution in [3.8, 4) is 0 Å². The Hall–Kier alpha value is -0.930. The molecule has 0 aliphatic heterocycles. The van der Waals surface area contributed by atoms with Crippen molar-refractivity contribution < 1.29 is 4.39 Å². The second-order valence-corrected chi connectivity index (χ2v) is 4.57. The molecule has 0 saturated carbocycles. The average Bonchev–Trinajstić information content (AvgIpc) is 2.72. The Kier molecular flexibility index (Phi) is 3.34. The van der Waals surface area contributed by atoms with E-state index in [1.54, 1.807) is 11.3 Å². The highest BCUT2D eigenvalue weighted by atomic mass is 32.1. The van der Waals surface area contributed by atoms with E-state index in [-0.39, 0.29) is 12.6 Å². The standard InChI is InChI=1S/C12H14FNS/c1-14-8-11(7-13)9-2-3-12-10(6-9)4-5-15-12/h2-6,11,14H,7-8H2,1H3. The van der Waals surface area contributed by atoms with Gasteiger partial charge in [-0.15, -0.1) is 11.3 Å². The molecular formula is C12H14FNS. The van der Waals surface area contributed by atoms with Gasteiger partial charge in [0.2, 0.25) is 0 Å². The Morgan fingerprint density at radius 2 is 2.27 bits per heavy atom. The molecule has 1 heterocycles. The minimum absolute atomic E-state index is 0.0284. The van der Waals surface area contributed by atoms with Crippen molar-refractivity contribution in [1.29, 1.82) is 0 Å². The van der Waals surface area contributed by atoms with Gasteiger partial charge >= 0.3 is 0 Å². The highest BCUT2D eigenvalue weighted by molar-refractivity contribution is 7.17. The fourth-order valence-corrected chi connectivity index (χ4v) is 2.52. The molecule has 0 aliphatic rings. The maximum atomic E-state index is 12.8. The van der Waals surface area contributed by atoms with Crippen molar-refractivity contribution in [3.63, 3.8) is 0 Å². The summed E-state index contributed by atoms with van der Waals surface area (Å²) in [5.74, 6) is -0.0284. The first-order valence-corrected chi connectivity index (χ1v) is 5.91. The molecule has 0 radical (unpaired) electrons. The van der Waals surface area contributed by atoms with Gasteiger partial charge in [0.05, 0.1) is 6.67 Å². The van der Waals surface area contributed by atoms with Gasteiger partial charge in [-0.1, -0.05) is 6.07 Å². The van der Waals surface area contributed by atoms with Crippen LogP contribution in [0, 0.1) is 0 Å². The lowest BCUT2D eigenvalue weighted by Gasteiger charge is -2.12. The van der Waals surface area contributed by atoms with Crippen molar-refractivity contribution in [2.75, 3.05) is 20.3 Å². The summed E-state index contributed by atoms with van der Waals surface area (Å²) in [6, 6.07) is 8.28. The summed E-state index contributed by atoms with van der Waals surface area (Å²) < 4.78 is 14.1. The zero-order valence-corrected chi connectivity index (χ0v) is 9.48. The van der Waals surface area contributed by atoms with Crippen LogP contribution < -0.4 is 5.32 Å². The van der Waals surface area contributed by atoms with Gasteiger partial charge in [0.1, 0.15) is 0 Å². The number of hydrogen-bond acceptors (Lipinski definition) is 2. The normalized spacial score (nSPS) is 13.2. The fourth-order valence-electron chi connectivity index (χ4n) is 1.75. The van der Waals surface area contributed by atoms with Gasteiger partial charge in [-0.3, -0.25) is 4.39 Å². The van der Waals surface area contributed by atoms with Crippen LogP contribution in [0.4, 0.5) is 4.39 Å². The predicted octanol–water partition coefficient (Wildman–Crippen LogP) is 3.17. The van der Waals surface area contributed by atoms with Crippen LogP contribution >= 0.6 is 11.3 Å². The van der Waals surface area contributed by atoms with Crippen molar-refractivity contribution in [1.82, 2.24) is 5.32 Å². The van der Waals surface area contributed by atoms with E-state index in [4.69, 9.17) is 0 Å². The van der Waals surface area contributed by atoms with Gasteiger partial charge in [-0.25, -0.2) is 0 Å². The van der Waals surface area contributed by atoms with Crippen LogP contribution in [-0.2, 0) is 0 Å². The summed E-state index contributed by atoms with van der Waals surface area (Å²) in [6.07, 6.45) is 0. The zero-order chi connectivity index (χ0) is 10.7. The molecule has 0 amide bonds. The third kappa shape index (κ3) is 2.19. The zero-order valence-electron chi connectivity index (χ0n) is 8.66. The third-order valence-corrected chi connectivity index (χ3v) is 3.48. The Balaban J connectivity index is 2.33. The van der Waals surface area contributed by atoms with E-state index in [2.05, 4.69) is 28.9 Å². The number of alkyl halides is 1. The molecule has 1 aromatic carbocycles. The van der Waals surface area contributed by atoms with Crippen LogP contribution in [0.15, 0.2) is 29.6 Å². The summed E-state index contributed by atoms with van der Waals surface area (Å²) in [5, 5.41) is 6.30. The lowest BCUT2D eigenvalue weighted by Crippen LogP contribution is -2.18. The molecule has 2 rings (SSSR count). The van der Waals surface area contributed by atoms with Crippen LogP contribution in [0.25, 0.3) is 10.1 Å². The maximum absolute atomic E-state index is 12.8. The minimum Gasteiger partial charge on any atom is -0.319 e. The molecule has 80 valence electrons. The van der Waals surface area contributed by atoms with E-state index in [0.717, 1.165) is 5.56 Å². The summed E-state index contributed by atoms with van der Waals surface area (Å²) in [6.45, 7) is 0.378. The van der Waals surface area contributed by atoms with Crippen molar-refractivity contribution in [2.45, 2.75) is 5.92 Å². The number of thiophene rings is 1. The molecule has 0 bridgehead atoms. The molecule has 1 N–H and O–H groups in total.